The summed E-state index contributed by atoms with van der Waals surface area (Å²) in [5.74, 6) is -0.150. The standard InChI is InChI=1S/C23H21BrN4O3/c1-2-13-26-21(30)19-20(28(23(26)31)14-16-9-5-3-6-10-16)25-22(24)27(19)15-18(29)17-11-7-4-8-12-17/h3-12H,2,13-15H2,1H3. The second-order valence-corrected chi connectivity index (χ2v) is 7.95. The second-order valence-electron chi connectivity index (χ2n) is 7.24. The minimum absolute atomic E-state index is 0.0635. The maximum absolute atomic E-state index is 13.3. The van der Waals surface area contributed by atoms with Gasteiger partial charge in [0.1, 0.15) is 0 Å². The number of benzene rings is 2. The molecule has 0 saturated carbocycles. The third-order valence-corrected chi connectivity index (χ3v) is 5.70. The Labute approximate surface area is 186 Å². The molecule has 0 aliphatic carbocycles. The molecule has 2 aromatic carbocycles. The molecular formula is C23H21BrN4O3. The molecule has 0 aliphatic rings. The first kappa shape index (κ1) is 21.0. The molecular weight excluding hydrogens is 460 g/mol. The number of ketones is 1. The molecule has 158 valence electrons. The first-order valence-electron chi connectivity index (χ1n) is 10.0. The van der Waals surface area contributed by atoms with Crippen LogP contribution in [0.2, 0.25) is 0 Å². The van der Waals surface area contributed by atoms with Gasteiger partial charge in [0.05, 0.1) is 13.1 Å². The van der Waals surface area contributed by atoms with E-state index in [1.165, 1.54) is 9.13 Å². The molecule has 0 fully saturated rings. The maximum Gasteiger partial charge on any atom is 0.333 e. The summed E-state index contributed by atoms with van der Waals surface area (Å²) in [5.41, 5.74) is 1.11. The number of fused-ring (bicyclic) bond motifs is 1. The summed E-state index contributed by atoms with van der Waals surface area (Å²) in [7, 11) is 0. The average molecular weight is 481 g/mol. The SMILES string of the molecule is CCCn1c(=O)c2c(nc(Br)n2CC(=O)c2ccccc2)n(Cc2ccccc2)c1=O. The van der Waals surface area contributed by atoms with Gasteiger partial charge in [-0.3, -0.25) is 18.7 Å². The lowest BCUT2D eigenvalue weighted by molar-refractivity contribution is 0.0972. The van der Waals surface area contributed by atoms with Crippen LogP contribution < -0.4 is 11.2 Å². The van der Waals surface area contributed by atoms with Crippen molar-refractivity contribution in [3.05, 3.63) is 97.4 Å². The summed E-state index contributed by atoms with van der Waals surface area (Å²) >= 11 is 3.39. The molecule has 0 radical (unpaired) electrons. The molecule has 0 unspecified atom stereocenters. The van der Waals surface area contributed by atoms with E-state index in [0.717, 1.165) is 5.56 Å². The molecule has 2 heterocycles. The number of halogens is 1. The molecule has 4 aromatic rings. The first-order chi connectivity index (χ1) is 15.0. The van der Waals surface area contributed by atoms with E-state index in [-0.39, 0.29) is 36.6 Å². The van der Waals surface area contributed by atoms with Crippen LogP contribution in [0.15, 0.2) is 75.0 Å². The van der Waals surface area contributed by atoms with Gasteiger partial charge in [-0.25, -0.2) is 9.78 Å². The van der Waals surface area contributed by atoms with E-state index in [1.54, 1.807) is 28.8 Å². The third-order valence-electron chi connectivity index (χ3n) is 5.10. The summed E-state index contributed by atoms with van der Waals surface area (Å²) in [6.45, 7) is 2.41. The van der Waals surface area contributed by atoms with E-state index in [1.807, 2.05) is 43.3 Å². The number of imidazole rings is 1. The zero-order valence-electron chi connectivity index (χ0n) is 17.0. The Morgan fingerprint density at radius 2 is 1.58 bits per heavy atom. The van der Waals surface area contributed by atoms with E-state index in [2.05, 4.69) is 20.9 Å². The highest BCUT2D eigenvalue weighted by atomic mass is 79.9. The van der Waals surface area contributed by atoms with Crippen molar-refractivity contribution < 1.29 is 4.79 Å². The lowest BCUT2D eigenvalue weighted by atomic mass is 10.1. The van der Waals surface area contributed by atoms with Crippen molar-refractivity contribution in [3.8, 4) is 0 Å². The number of Topliss-reactive ketones (excluding diaryl/α,β-unsaturated/α-hetero) is 1. The van der Waals surface area contributed by atoms with E-state index >= 15 is 0 Å². The number of hydrogen-bond donors (Lipinski definition) is 0. The molecule has 0 atom stereocenters. The Hall–Kier alpha value is -3.26. The molecule has 0 aliphatic heterocycles. The van der Waals surface area contributed by atoms with Gasteiger partial charge in [0.25, 0.3) is 5.56 Å². The molecule has 31 heavy (non-hydrogen) atoms. The smallest absolute Gasteiger partial charge is 0.305 e. The molecule has 0 bridgehead atoms. The molecule has 4 rings (SSSR count). The largest absolute Gasteiger partial charge is 0.333 e. The molecule has 0 N–H and O–H groups in total. The van der Waals surface area contributed by atoms with Crippen molar-refractivity contribution >= 4 is 32.9 Å². The molecule has 2 aromatic heterocycles. The number of hydrogen-bond acceptors (Lipinski definition) is 4. The normalized spacial score (nSPS) is 11.2. The summed E-state index contributed by atoms with van der Waals surface area (Å²) < 4.78 is 4.60. The molecule has 8 heteroatoms. The van der Waals surface area contributed by atoms with Crippen LogP contribution in [0.4, 0.5) is 0 Å². The summed E-state index contributed by atoms with van der Waals surface area (Å²) in [5, 5.41) is 0. The number of carbonyl (C=O) groups is 1. The second kappa shape index (κ2) is 8.85. The van der Waals surface area contributed by atoms with Crippen molar-refractivity contribution in [2.45, 2.75) is 33.0 Å². The lowest BCUT2D eigenvalue weighted by Crippen LogP contribution is -2.41. The molecule has 0 saturated heterocycles. The minimum atomic E-state index is -0.440. The summed E-state index contributed by atoms with van der Waals surface area (Å²) in [4.78, 5) is 43.7. The van der Waals surface area contributed by atoms with E-state index in [9.17, 15) is 14.4 Å². The molecule has 0 amide bonds. The van der Waals surface area contributed by atoms with Crippen LogP contribution in [0.5, 0.6) is 0 Å². The van der Waals surface area contributed by atoms with Crippen molar-refractivity contribution in [1.82, 2.24) is 18.7 Å². The van der Waals surface area contributed by atoms with Gasteiger partial charge in [0.2, 0.25) is 0 Å². The van der Waals surface area contributed by atoms with E-state index in [0.29, 0.717) is 16.7 Å². The predicted molar refractivity (Wildman–Crippen MR) is 123 cm³/mol. The first-order valence-corrected chi connectivity index (χ1v) is 10.8. The lowest BCUT2D eigenvalue weighted by Gasteiger charge is -2.12. The quantitative estimate of drug-likeness (QED) is 0.299. The van der Waals surface area contributed by atoms with Crippen LogP contribution in [-0.4, -0.2) is 24.5 Å². The fourth-order valence-corrected chi connectivity index (χ4v) is 4.07. The number of rotatable bonds is 7. The Bertz CT molecular complexity index is 1360. The van der Waals surface area contributed by atoms with Crippen LogP contribution >= 0.6 is 15.9 Å². The van der Waals surface area contributed by atoms with Gasteiger partial charge >= 0.3 is 5.69 Å². The Morgan fingerprint density at radius 1 is 0.935 bits per heavy atom. The third kappa shape index (κ3) is 4.03. The highest BCUT2D eigenvalue weighted by molar-refractivity contribution is 9.10. The Balaban J connectivity index is 1.91. The Kier molecular flexibility index (Phi) is 5.99. The van der Waals surface area contributed by atoms with Crippen LogP contribution in [-0.2, 0) is 19.6 Å². The number of nitrogens with zero attached hydrogens (tertiary/aromatic N) is 4. The van der Waals surface area contributed by atoms with Crippen molar-refractivity contribution in [2.75, 3.05) is 0 Å². The number of aromatic nitrogens is 4. The van der Waals surface area contributed by atoms with Crippen molar-refractivity contribution in [1.29, 1.82) is 0 Å². The van der Waals surface area contributed by atoms with Gasteiger partial charge in [-0.15, -0.1) is 0 Å². The van der Waals surface area contributed by atoms with Crippen LogP contribution in [0.3, 0.4) is 0 Å². The van der Waals surface area contributed by atoms with E-state index in [4.69, 9.17) is 0 Å². The fraction of sp³-hybridized carbons (Fsp3) is 0.217. The zero-order chi connectivity index (χ0) is 22.0. The average Bonchev–Trinajstić information content (AvgIpc) is 3.11. The van der Waals surface area contributed by atoms with Gasteiger partial charge in [0, 0.05) is 12.1 Å². The summed E-state index contributed by atoms with van der Waals surface area (Å²) in [6, 6.07) is 18.4. The van der Waals surface area contributed by atoms with Gasteiger partial charge < -0.3 is 4.57 Å². The van der Waals surface area contributed by atoms with Crippen molar-refractivity contribution in [3.63, 3.8) is 0 Å². The van der Waals surface area contributed by atoms with Crippen LogP contribution in [0.25, 0.3) is 11.2 Å². The Morgan fingerprint density at radius 3 is 2.23 bits per heavy atom. The number of carbonyl (C=O) groups excluding carboxylic acids is 1. The minimum Gasteiger partial charge on any atom is -0.305 e. The topological polar surface area (TPSA) is 78.9 Å². The maximum atomic E-state index is 13.3. The van der Waals surface area contributed by atoms with Crippen molar-refractivity contribution in [2.24, 2.45) is 0 Å². The zero-order valence-corrected chi connectivity index (χ0v) is 18.6. The van der Waals surface area contributed by atoms with Gasteiger partial charge in [-0.2, -0.15) is 0 Å². The fourth-order valence-electron chi connectivity index (χ4n) is 3.60. The highest BCUT2D eigenvalue weighted by Gasteiger charge is 2.22. The van der Waals surface area contributed by atoms with Crippen LogP contribution in [0, 0.1) is 0 Å². The molecule has 7 nitrogen and oxygen atoms in total. The monoisotopic (exact) mass is 480 g/mol. The van der Waals surface area contributed by atoms with Gasteiger partial charge in [-0.05, 0) is 27.9 Å². The predicted octanol–water partition coefficient (Wildman–Crippen LogP) is 3.46. The van der Waals surface area contributed by atoms with E-state index < -0.39 is 11.2 Å². The summed E-state index contributed by atoms with van der Waals surface area (Å²) in [6.07, 6.45) is 0.629. The van der Waals surface area contributed by atoms with Gasteiger partial charge in [-0.1, -0.05) is 67.6 Å². The van der Waals surface area contributed by atoms with Crippen LogP contribution in [0.1, 0.15) is 29.3 Å². The van der Waals surface area contributed by atoms with Gasteiger partial charge in [0.15, 0.2) is 21.7 Å². The highest BCUT2D eigenvalue weighted by Crippen LogP contribution is 2.19. The molecule has 0 spiro atoms.